The highest BCUT2D eigenvalue weighted by atomic mass is 16.7. The minimum Gasteiger partial charge on any atom is -0.326 e. The van der Waals surface area contributed by atoms with Gasteiger partial charge in [0.1, 0.15) is 6.61 Å². The predicted molar refractivity (Wildman–Crippen MR) is 89.4 cm³/mol. The van der Waals surface area contributed by atoms with Crippen LogP contribution in [0.15, 0.2) is 54.7 Å². The van der Waals surface area contributed by atoms with Crippen molar-refractivity contribution >= 4 is 6.03 Å². The SMILES string of the molecule is CCN(OCc1ccccc1)C(=O)NC(C)(C)c1ccccn1. The molecule has 122 valence electrons. The zero-order valence-electron chi connectivity index (χ0n) is 13.8. The number of pyridine rings is 1. The zero-order chi connectivity index (χ0) is 16.7. The lowest BCUT2D eigenvalue weighted by atomic mass is 10.0. The van der Waals surface area contributed by atoms with Gasteiger partial charge in [0.25, 0.3) is 0 Å². The van der Waals surface area contributed by atoms with Gasteiger partial charge in [-0.3, -0.25) is 9.82 Å². The van der Waals surface area contributed by atoms with E-state index in [1.54, 1.807) is 6.20 Å². The number of carbonyl (C=O) groups is 1. The van der Waals surface area contributed by atoms with Crippen molar-refractivity contribution in [3.8, 4) is 0 Å². The molecule has 2 aromatic rings. The largest absolute Gasteiger partial charge is 0.342 e. The van der Waals surface area contributed by atoms with Crippen LogP contribution in [0, 0.1) is 0 Å². The summed E-state index contributed by atoms with van der Waals surface area (Å²) >= 11 is 0. The molecule has 0 saturated carbocycles. The van der Waals surface area contributed by atoms with Crippen LogP contribution in [0.1, 0.15) is 32.0 Å². The molecule has 0 bridgehead atoms. The van der Waals surface area contributed by atoms with Gasteiger partial charge in [0, 0.05) is 12.7 Å². The third kappa shape index (κ3) is 4.79. The summed E-state index contributed by atoms with van der Waals surface area (Å²) in [5.41, 5.74) is 1.23. The Balaban J connectivity index is 1.97. The molecule has 0 aliphatic heterocycles. The number of amides is 2. The van der Waals surface area contributed by atoms with Crippen molar-refractivity contribution in [2.24, 2.45) is 0 Å². The minimum absolute atomic E-state index is 0.279. The molecular weight excluding hydrogens is 290 g/mol. The van der Waals surface area contributed by atoms with Gasteiger partial charge in [0.05, 0.1) is 11.2 Å². The van der Waals surface area contributed by atoms with Gasteiger partial charge >= 0.3 is 6.03 Å². The second kappa shape index (κ2) is 7.74. The molecule has 1 N–H and O–H groups in total. The van der Waals surface area contributed by atoms with E-state index in [0.29, 0.717) is 13.2 Å². The predicted octanol–water partition coefficient (Wildman–Crippen LogP) is 3.48. The van der Waals surface area contributed by atoms with Crippen LogP contribution in [-0.4, -0.2) is 22.6 Å². The van der Waals surface area contributed by atoms with E-state index in [4.69, 9.17) is 4.84 Å². The van der Waals surface area contributed by atoms with E-state index in [9.17, 15) is 4.79 Å². The number of hydroxylamine groups is 2. The van der Waals surface area contributed by atoms with Crippen LogP contribution >= 0.6 is 0 Å². The number of carbonyl (C=O) groups excluding carboxylic acids is 1. The van der Waals surface area contributed by atoms with E-state index in [1.165, 1.54) is 5.06 Å². The highest BCUT2D eigenvalue weighted by Crippen LogP contribution is 2.17. The molecule has 1 aromatic heterocycles. The van der Waals surface area contributed by atoms with Crippen molar-refractivity contribution < 1.29 is 9.63 Å². The van der Waals surface area contributed by atoms with Gasteiger partial charge in [-0.2, -0.15) is 0 Å². The first-order valence-corrected chi connectivity index (χ1v) is 7.71. The first kappa shape index (κ1) is 17.0. The summed E-state index contributed by atoms with van der Waals surface area (Å²) < 4.78 is 0. The van der Waals surface area contributed by atoms with Crippen LogP contribution in [0.4, 0.5) is 4.79 Å². The van der Waals surface area contributed by atoms with Crippen LogP contribution < -0.4 is 5.32 Å². The van der Waals surface area contributed by atoms with Crippen LogP contribution in [0.3, 0.4) is 0 Å². The third-order valence-corrected chi connectivity index (χ3v) is 3.47. The van der Waals surface area contributed by atoms with Gasteiger partial charge in [-0.25, -0.2) is 9.86 Å². The van der Waals surface area contributed by atoms with Crippen molar-refractivity contribution in [1.29, 1.82) is 0 Å². The molecule has 0 spiro atoms. The van der Waals surface area contributed by atoms with Crippen molar-refractivity contribution in [3.05, 3.63) is 66.0 Å². The number of urea groups is 1. The third-order valence-electron chi connectivity index (χ3n) is 3.47. The number of nitrogens with zero attached hydrogens (tertiary/aromatic N) is 2. The standard InChI is InChI=1S/C18H23N3O2/c1-4-21(23-14-15-10-6-5-7-11-15)17(22)20-18(2,3)16-12-8-9-13-19-16/h5-13H,4,14H2,1-3H3,(H,20,22). The summed E-state index contributed by atoms with van der Waals surface area (Å²) in [6.45, 7) is 6.51. The van der Waals surface area contributed by atoms with Crippen molar-refractivity contribution in [3.63, 3.8) is 0 Å². The van der Waals surface area contributed by atoms with Crippen molar-refractivity contribution in [2.45, 2.75) is 32.9 Å². The first-order valence-electron chi connectivity index (χ1n) is 7.71. The molecule has 23 heavy (non-hydrogen) atoms. The Morgan fingerprint density at radius 1 is 1.17 bits per heavy atom. The second-order valence-corrected chi connectivity index (χ2v) is 5.72. The molecule has 1 heterocycles. The van der Waals surface area contributed by atoms with Crippen molar-refractivity contribution in [1.82, 2.24) is 15.4 Å². The van der Waals surface area contributed by atoms with E-state index in [1.807, 2.05) is 69.3 Å². The number of hydrogen-bond acceptors (Lipinski definition) is 3. The maximum Gasteiger partial charge on any atom is 0.342 e. The summed E-state index contributed by atoms with van der Waals surface area (Å²) in [4.78, 5) is 22.4. The fourth-order valence-corrected chi connectivity index (χ4v) is 2.15. The summed E-state index contributed by atoms with van der Waals surface area (Å²) in [7, 11) is 0. The normalized spacial score (nSPS) is 11.1. The number of hydrogen-bond donors (Lipinski definition) is 1. The molecule has 0 atom stereocenters. The first-order chi connectivity index (χ1) is 11.0. The smallest absolute Gasteiger partial charge is 0.326 e. The Bertz CT molecular complexity index is 615. The Hall–Kier alpha value is -2.40. The van der Waals surface area contributed by atoms with Crippen LogP contribution in [0.5, 0.6) is 0 Å². The zero-order valence-corrected chi connectivity index (χ0v) is 13.8. The molecular formula is C18H23N3O2. The lowest BCUT2D eigenvalue weighted by Gasteiger charge is -2.29. The van der Waals surface area contributed by atoms with Gasteiger partial charge in [0.2, 0.25) is 0 Å². The molecule has 0 radical (unpaired) electrons. The number of rotatable bonds is 6. The Kier molecular flexibility index (Phi) is 5.71. The number of benzene rings is 1. The maximum atomic E-state index is 12.4. The minimum atomic E-state index is -0.581. The van der Waals surface area contributed by atoms with Gasteiger partial charge < -0.3 is 5.32 Å². The lowest BCUT2D eigenvalue weighted by molar-refractivity contribution is -0.126. The van der Waals surface area contributed by atoms with Crippen LogP contribution in [0.2, 0.25) is 0 Å². The summed E-state index contributed by atoms with van der Waals surface area (Å²) in [5.74, 6) is 0. The fraction of sp³-hybridized carbons (Fsp3) is 0.333. The van der Waals surface area contributed by atoms with E-state index < -0.39 is 5.54 Å². The highest BCUT2D eigenvalue weighted by molar-refractivity contribution is 5.74. The van der Waals surface area contributed by atoms with Crippen LogP contribution in [0.25, 0.3) is 0 Å². The molecule has 5 nitrogen and oxygen atoms in total. The van der Waals surface area contributed by atoms with Gasteiger partial charge in [-0.05, 0) is 38.5 Å². The van der Waals surface area contributed by atoms with Gasteiger partial charge in [-0.1, -0.05) is 36.4 Å². The quantitative estimate of drug-likeness (QED) is 0.831. The van der Waals surface area contributed by atoms with Gasteiger partial charge in [0.15, 0.2) is 0 Å². The molecule has 0 saturated heterocycles. The average molecular weight is 313 g/mol. The van der Waals surface area contributed by atoms with E-state index >= 15 is 0 Å². The molecule has 0 fully saturated rings. The van der Waals surface area contributed by atoms with E-state index in [2.05, 4.69) is 10.3 Å². The Morgan fingerprint density at radius 3 is 2.48 bits per heavy atom. The molecule has 0 aliphatic rings. The Morgan fingerprint density at radius 2 is 1.87 bits per heavy atom. The monoisotopic (exact) mass is 313 g/mol. The fourth-order valence-electron chi connectivity index (χ4n) is 2.15. The van der Waals surface area contributed by atoms with Crippen LogP contribution in [-0.2, 0) is 17.0 Å². The summed E-state index contributed by atoms with van der Waals surface area (Å²) in [5, 5.41) is 4.29. The highest BCUT2D eigenvalue weighted by Gasteiger charge is 2.26. The molecule has 2 amide bonds. The molecule has 2 rings (SSSR count). The van der Waals surface area contributed by atoms with Crippen molar-refractivity contribution in [2.75, 3.05) is 6.54 Å². The van der Waals surface area contributed by atoms with E-state index in [-0.39, 0.29) is 6.03 Å². The maximum absolute atomic E-state index is 12.4. The Labute approximate surface area is 137 Å². The number of nitrogens with one attached hydrogen (secondary N) is 1. The van der Waals surface area contributed by atoms with E-state index in [0.717, 1.165) is 11.3 Å². The molecule has 0 unspecified atom stereocenters. The average Bonchev–Trinajstić information content (AvgIpc) is 2.57. The summed E-state index contributed by atoms with van der Waals surface area (Å²) in [6.07, 6.45) is 1.72. The molecule has 5 heteroatoms. The summed E-state index contributed by atoms with van der Waals surface area (Å²) in [6, 6.07) is 15.1. The molecule has 0 aliphatic carbocycles. The topological polar surface area (TPSA) is 54.5 Å². The second-order valence-electron chi connectivity index (χ2n) is 5.72. The lowest BCUT2D eigenvalue weighted by Crippen LogP contribution is -2.48. The number of aromatic nitrogens is 1. The van der Waals surface area contributed by atoms with Gasteiger partial charge in [-0.15, -0.1) is 0 Å². The molecule has 1 aromatic carbocycles.